The average molecular weight is 899 g/mol. The van der Waals surface area contributed by atoms with Gasteiger partial charge in [-0.25, -0.2) is 0 Å². The molecule has 6 heterocycles. The Morgan fingerprint density at radius 3 is 2.28 bits per heavy atom. The van der Waals surface area contributed by atoms with Crippen LogP contribution in [0.2, 0.25) is 0 Å². The summed E-state index contributed by atoms with van der Waals surface area (Å²) in [7, 11) is 3.23. The van der Waals surface area contributed by atoms with Crippen LogP contribution in [0.3, 0.4) is 0 Å². The zero-order valence-electron chi connectivity index (χ0n) is 39.0. The van der Waals surface area contributed by atoms with Crippen LogP contribution in [-0.4, -0.2) is 139 Å². The van der Waals surface area contributed by atoms with Crippen molar-refractivity contribution < 1.29 is 67.5 Å². The smallest absolute Gasteiger partial charge is 0.316 e. The predicted molar refractivity (Wildman–Crippen MR) is 234 cm³/mol. The van der Waals surface area contributed by atoms with Crippen LogP contribution in [0.15, 0.2) is 59.3 Å². The summed E-state index contributed by atoms with van der Waals surface area (Å²) in [5, 5.41) is 34.3. The highest BCUT2D eigenvalue weighted by atomic mass is 16.7. The molecule has 0 aromatic carbocycles. The van der Waals surface area contributed by atoms with Gasteiger partial charge in [0.25, 0.3) is 0 Å². The average Bonchev–Trinajstić information content (AvgIpc) is 3.62. The molecule has 1 unspecified atom stereocenters. The number of carbonyl (C=O) groups excluding carboxylic acids is 1. The van der Waals surface area contributed by atoms with E-state index < -0.39 is 90.8 Å². The first-order valence-electron chi connectivity index (χ1n) is 24.0. The topological polar surface area (TPSA) is 170 Å². The minimum absolute atomic E-state index is 0.0242. The molecule has 64 heavy (non-hydrogen) atoms. The van der Waals surface area contributed by atoms with Gasteiger partial charge in [0.05, 0.1) is 49.3 Å². The van der Waals surface area contributed by atoms with E-state index in [1.807, 2.05) is 25.2 Å². The summed E-state index contributed by atoms with van der Waals surface area (Å²) in [6, 6.07) is 0. The summed E-state index contributed by atoms with van der Waals surface area (Å²) in [6.07, 6.45) is 13.8. The first-order valence-corrected chi connectivity index (χ1v) is 24.0. The van der Waals surface area contributed by atoms with Gasteiger partial charge < -0.3 is 62.7 Å². The summed E-state index contributed by atoms with van der Waals surface area (Å²) in [4.78, 5) is 14.4. The lowest BCUT2D eigenvalue weighted by Gasteiger charge is -2.49. The van der Waals surface area contributed by atoms with Crippen LogP contribution in [0.25, 0.3) is 0 Å². The maximum Gasteiger partial charge on any atom is 0.316 e. The summed E-state index contributed by atoms with van der Waals surface area (Å²) in [6.45, 7) is 11.9. The molecule has 0 aromatic rings. The van der Waals surface area contributed by atoms with Crippen LogP contribution in [0, 0.1) is 23.7 Å². The number of esters is 1. The van der Waals surface area contributed by atoms with Crippen LogP contribution < -0.4 is 0 Å². The third-order valence-electron chi connectivity index (χ3n) is 15.4. The highest BCUT2D eigenvalue weighted by Crippen LogP contribution is 2.48. The number of hydrogen-bond acceptors (Lipinski definition) is 14. The van der Waals surface area contributed by atoms with Crippen molar-refractivity contribution in [2.45, 2.75) is 203 Å². The third kappa shape index (κ3) is 9.82. The summed E-state index contributed by atoms with van der Waals surface area (Å²) in [5.41, 5.74) is 0.166. The van der Waals surface area contributed by atoms with Crippen molar-refractivity contribution in [2.75, 3.05) is 20.8 Å². The molecule has 14 heteroatoms. The van der Waals surface area contributed by atoms with Crippen molar-refractivity contribution in [3.8, 4) is 0 Å². The van der Waals surface area contributed by atoms with Crippen molar-refractivity contribution in [1.29, 1.82) is 0 Å². The normalized spacial score (nSPS) is 49.2. The molecule has 3 N–H and O–H groups in total. The van der Waals surface area contributed by atoms with E-state index in [-0.39, 0.29) is 36.8 Å². The van der Waals surface area contributed by atoms with Crippen molar-refractivity contribution in [2.24, 2.45) is 23.7 Å². The highest BCUT2D eigenvalue weighted by Gasteiger charge is 2.60. The lowest BCUT2D eigenvalue weighted by atomic mass is 9.71. The quantitative estimate of drug-likeness (QED) is 0.204. The van der Waals surface area contributed by atoms with Gasteiger partial charge in [-0.05, 0) is 75.7 Å². The van der Waals surface area contributed by atoms with E-state index in [4.69, 9.17) is 47.4 Å². The van der Waals surface area contributed by atoms with Gasteiger partial charge in [-0.15, -0.1) is 0 Å². The molecule has 0 amide bonds. The van der Waals surface area contributed by atoms with E-state index in [9.17, 15) is 20.1 Å². The zero-order valence-corrected chi connectivity index (χ0v) is 39.0. The standard InChI is InChI=1S/C50H74O14/c1-27-13-12-16-34-26-57-47-42(51)30(4)21-37(50(34,47)54)48(53)60-36-22-35(63-49(25-36)20-19-29(3)45(64-49)33-14-10-9-11-15-33)18-17-28(2)44(27)61-41-24-39(56-8)46(32(6)59-41)62-40-23-38(55-7)43(52)31(5)58-40/h12-13,16-17,19-21,27,29,31-33,35-47,51-52,54H,9-11,14-15,18,22-26H2,1-8H3/b13-12+,28-17+,34-16+/t27-,29-,31-,32-,35?,36-,37-,38-,39-,40-,41-,42+,43-,44-,45-,46-,47+,49+,50+/m0/s1. The van der Waals surface area contributed by atoms with E-state index in [0.717, 1.165) is 18.4 Å². The largest absolute Gasteiger partial charge is 0.462 e. The number of ether oxygens (including phenoxy) is 10. The lowest BCUT2D eigenvalue weighted by molar-refractivity contribution is -0.318. The van der Waals surface area contributed by atoms with Crippen molar-refractivity contribution in [3.63, 3.8) is 0 Å². The highest BCUT2D eigenvalue weighted by molar-refractivity contribution is 5.78. The molecule has 2 aliphatic carbocycles. The molecule has 358 valence electrons. The SMILES string of the molecule is CO[C@H]1C[C@H](O[C@H]2[C@H](C)O[C@@H](O[C@@H]3/C(C)=C/CC4C[C@@H](C[C@]5(C=C[C@H](C)[C@@H](C6CCCCC6)O5)O4)OC(=O)[C@@H]4C=C(C)[C@@H](O)[C@H]5OC/C(=C\C=C\[C@@H]3C)[C@]54O)C[C@@H]2OC)O[C@@H](C)[C@@H]1O. The first kappa shape index (κ1) is 48.2. The fourth-order valence-electron chi connectivity index (χ4n) is 11.7. The Kier molecular flexibility index (Phi) is 15.1. The molecule has 19 atom stereocenters. The molecule has 1 saturated carbocycles. The van der Waals surface area contributed by atoms with Gasteiger partial charge in [0.1, 0.15) is 42.0 Å². The molecule has 1 spiro atoms. The molecular formula is C50H74O14. The fourth-order valence-corrected chi connectivity index (χ4v) is 11.7. The van der Waals surface area contributed by atoms with Crippen LogP contribution in [0.1, 0.15) is 106 Å². The van der Waals surface area contributed by atoms with Crippen LogP contribution in [0.5, 0.6) is 0 Å². The molecule has 14 nitrogen and oxygen atoms in total. The molecule has 6 aliphatic heterocycles. The number of carbonyl (C=O) groups is 1. The van der Waals surface area contributed by atoms with E-state index >= 15 is 0 Å². The number of fused-ring (bicyclic) bond motifs is 2. The second-order valence-electron chi connectivity index (χ2n) is 20.0. The van der Waals surface area contributed by atoms with Crippen molar-refractivity contribution >= 4 is 5.97 Å². The van der Waals surface area contributed by atoms with Crippen LogP contribution in [0.4, 0.5) is 0 Å². The number of aliphatic hydroxyl groups excluding tert-OH is 2. The number of rotatable bonds is 7. The number of allylic oxidation sites excluding steroid dienone is 2. The van der Waals surface area contributed by atoms with Gasteiger partial charge in [-0.2, -0.15) is 0 Å². The molecule has 4 saturated heterocycles. The number of aliphatic hydroxyl groups is 3. The summed E-state index contributed by atoms with van der Waals surface area (Å²) in [5.74, 6) is -2.32. The fraction of sp³-hybridized carbons (Fsp3) is 0.780. The Labute approximate surface area is 379 Å². The maximum atomic E-state index is 14.4. The van der Waals surface area contributed by atoms with Gasteiger partial charge >= 0.3 is 5.97 Å². The van der Waals surface area contributed by atoms with Gasteiger partial charge in [0, 0.05) is 51.7 Å². The van der Waals surface area contributed by atoms with Crippen LogP contribution >= 0.6 is 0 Å². The second kappa shape index (κ2) is 20.1. The van der Waals surface area contributed by atoms with Crippen molar-refractivity contribution in [1.82, 2.24) is 0 Å². The molecule has 0 radical (unpaired) electrons. The monoisotopic (exact) mass is 899 g/mol. The van der Waals surface area contributed by atoms with E-state index in [2.05, 4.69) is 32.9 Å². The molecule has 8 rings (SSSR count). The van der Waals surface area contributed by atoms with Crippen molar-refractivity contribution in [3.05, 3.63) is 59.3 Å². The van der Waals surface area contributed by atoms with Gasteiger partial charge in [-0.1, -0.05) is 69.6 Å². The summed E-state index contributed by atoms with van der Waals surface area (Å²) < 4.78 is 64.1. The first-order chi connectivity index (χ1) is 30.6. The zero-order chi connectivity index (χ0) is 45.5. The Balaban J connectivity index is 1.08. The number of methoxy groups -OCH3 is 2. The molecule has 2 bridgehead atoms. The molecule has 8 aliphatic rings. The van der Waals surface area contributed by atoms with E-state index in [1.54, 1.807) is 40.2 Å². The molecule has 5 fully saturated rings. The van der Waals surface area contributed by atoms with Crippen LogP contribution in [-0.2, 0) is 52.2 Å². The lowest BCUT2D eigenvalue weighted by Crippen LogP contribution is -2.58. The third-order valence-corrected chi connectivity index (χ3v) is 15.4. The molecular weight excluding hydrogens is 825 g/mol. The Morgan fingerprint density at radius 1 is 0.812 bits per heavy atom. The minimum Gasteiger partial charge on any atom is -0.462 e. The van der Waals surface area contributed by atoms with E-state index in [0.29, 0.717) is 49.2 Å². The van der Waals surface area contributed by atoms with E-state index in [1.165, 1.54) is 19.3 Å². The Hall–Kier alpha value is -2.31. The Bertz CT molecular complexity index is 1790. The van der Waals surface area contributed by atoms with Gasteiger partial charge in [0.15, 0.2) is 18.4 Å². The maximum absolute atomic E-state index is 14.4. The predicted octanol–water partition coefficient (Wildman–Crippen LogP) is 5.91. The number of hydrogen-bond donors (Lipinski definition) is 3. The minimum atomic E-state index is -1.83. The summed E-state index contributed by atoms with van der Waals surface area (Å²) >= 11 is 0. The van der Waals surface area contributed by atoms with Gasteiger partial charge in [0.2, 0.25) is 0 Å². The Morgan fingerprint density at radius 2 is 1.53 bits per heavy atom. The second-order valence-corrected chi connectivity index (χ2v) is 20.0. The molecule has 0 aromatic heterocycles. The van der Waals surface area contributed by atoms with Gasteiger partial charge in [-0.3, -0.25) is 4.79 Å².